The highest BCUT2D eigenvalue weighted by Gasteiger charge is 2.51. The van der Waals surface area contributed by atoms with Crippen molar-refractivity contribution in [1.29, 1.82) is 0 Å². The molecule has 1 aromatic carbocycles. The second kappa shape index (κ2) is 7.71. The van der Waals surface area contributed by atoms with E-state index in [2.05, 4.69) is 27.8 Å². The summed E-state index contributed by atoms with van der Waals surface area (Å²) in [4.78, 5) is 30.5. The maximum atomic E-state index is 13.3. The topological polar surface area (TPSA) is 60.9 Å². The van der Waals surface area contributed by atoms with Gasteiger partial charge in [0.05, 0.1) is 27.4 Å². The lowest BCUT2D eigenvalue weighted by Gasteiger charge is -2.34. The molecule has 2 aliphatic rings. The molecule has 0 radical (unpaired) electrons. The van der Waals surface area contributed by atoms with Gasteiger partial charge in [-0.1, -0.05) is 25.1 Å². The molecule has 0 aliphatic carbocycles. The van der Waals surface area contributed by atoms with E-state index in [0.29, 0.717) is 28.7 Å². The fourth-order valence-corrected chi connectivity index (χ4v) is 5.33. The minimum absolute atomic E-state index is 0.227. The summed E-state index contributed by atoms with van der Waals surface area (Å²) in [6.07, 6.45) is 1.97. The number of halogens is 1. The second-order valence-corrected chi connectivity index (χ2v) is 10.2. The molecule has 1 atom stereocenters. The quantitative estimate of drug-likeness (QED) is 0.681. The van der Waals surface area contributed by atoms with Crippen LogP contribution in [0.15, 0.2) is 40.2 Å². The average molecular weight is 463 g/mol. The monoisotopic (exact) mass is 462 g/mol. The number of amides is 1. The Hall–Kier alpha value is -1.54. The molecular weight excluding hydrogens is 440 g/mol. The largest absolute Gasteiger partial charge is 0.375 e. The Morgan fingerprint density at radius 3 is 2.64 bits per heavy atom. The minimum Gasteiger partial charge on any atom is -0.375 e. The van der Waals surface area contributed by atoms with Gasteiger partial charge in [-0.2, -0.15) is 0 Å². The Morgan fingerprint density at radius 1 is 1.25 bits per heavy atom. The Labute approximate surface area is 177 Å². The number of nitrogens with zero attached hydrogens (tertiary/aromatic N) is 2. The van der Waals surface area contributed by atoms with Gasteiger partial charge < -0.3 is 5.11 Å². The molecule has 2 aliphatic heterocycles. The first-order valence-corrected chi connectivity index (χ1v) is 11.1. The molecule has 1 unspecified atom stereocenters. The van der Waals surface area contributed by atoms with Crippen LogP contribution in [0.4, 0.5) is 5.69 Å². The van der Waals surface area contributed by atoms with Gasteiger partial charge in [0, 0.05) is 18.7 Å². The summed E-state index contributed by atoms with van der Waals surface area (Å²) in [5.41, 5.74) is -0.587. The number of carbonyl (C=O) groups excluding carboxylic acids is 2. The third-order valence-corrected chi connectivity index (χ3v) is 7.39. The maximum absolute atomic E-state index is 13.3. The predicted molar refractivity (Wildman–Crippen MR) is 114 cm³/mol. The number of likely N-dealkylation sites (tertiary alicyclic amines) is 1. The van der Waals surface area contributed by atoms with Crippen molar-refractivity contribution >= 4 is 44.6 Å². The number of benzene rings is 1. The predicted octanol–water partition coefficient (Wildman–Crippen LogP) is 4.01. The number of hydrogen-bond acceptors (Lipinski definition) is 5. The highest BCUT2D eigenvalue weighted by molar-refractivity contribution is 9.11. The van der Waals surface area contributed by atoms with Crippen molar-refractivity contribution in [3.05, 3.63) is 50.6 Å². The number of carbonyl (C=O) groups is 2. The van der Waals surface area contributed by atoms with Gasteiger partial charge in [0.25, 0.3) is 5.91 Å². The van der Waals surface area contributed by atoms with Gasteiger partial charge in [-0.15, -0.1) is 11.3 Å². The van der Waals surface area contributed by atoms with Crippen LogP contribution < -0.4 is 4.90 Å². The van der Waals surface area contributed by atoms with Crippen molar-refractivity contribution in [2.24, 2.45) is 5.92 Å². The summed E-state index contributed by atoms with van der Waals surface area (Å²) >= 11 is 4.67. The van der Waals surface area contributed by atoms with Crippen LogP contribution in [0.2, 0.25) is 0 Å². The van der Waals surface area contributed by atoms with Crippen LogP contribution in [0.1, 0.15) is 41.4 Å². The molecule has 0 bridgehead atoms. The Morgan fingerprint density at radius 2 is 1.96 bits per heavy atom. The SMILES string of the molecule is CC1CCN(CN2C(=O)C(O)(CC(=O)c3ccc(Br)s3)c3ccccc32)CC1. The molecule has 4 rings (SSSR count). The molecule has 7 heteroatoms. The first kappa shape index (κ1) is 19.8. The Balaban J connectivity index is 1.59. The summed E-state index contributed by atoms with van der Waals surface area (Å²) in [6.45, 7) is 4.58. The smallest absolute Gasteiger partial charge is 0.265 e. The summed E-state index contributed by atoms with van der Waals surface area (Å²) in [7, 11) is 0. The molecule has 1 amide bonds. The third kappa shape index (κ3) is 3.56. The second-order valence-electron chi connectivity index (χ2n) is 7.76. The number of rotatable bonds is 5. The molecule has 0 spiro atoms. The molecule has 1 fully saturated rings. The number of hydrogen-bond donors (Lipinski definition) is 1. The molecular formula is C21H23BrN2O3S. The molecule has 3 heterocycles. The maximum Gasteiger partial charge on any atom is 0.265 e. The Bertz CT molecular complexity index is 907. The van der Waals surface area contributed by atoms with Gasteiger partial charge in [-0.05, 0) is 52.9 Å². The molecule has 1 aromatic heterocycles. The number of fused-ring (bicyclic) bond motifs is 1. The lowest BCUT2D eigenvalue weighted by Crippen LogP contribution is -2.48. The van der Waals surface area contributed by atoms with Crippen LogP contribution in [0.3, 0.4) is 0 Å². The number of thiophene rings is 1. The van der Waals surface area contributed by atoms with Crippen LogP contribution in [-0.4, -0.2) is 41.5 Å². The van der Waals surface area contributed by atoms with Crippen LogP contribution in [-0.2, 0) is 10.4 Å². The fraction of sp³-hybridized carbons (Fsp3) is 0.429. The number of ketones is 1. The molecule has 148 valence electrons. The van der Waals surface area contributed by atoms with E-state index in [1.807, 2.05) is 12.1 Å². The van der Waals surface area contributed by atoms with Crippen molar-refractivity contribution in [2.75, 3.05) is 24.7 Å². The minimum atomic E-state index is -1.81. The third-order valence-electron chi connectivity index (χ3n) is 5.72. The Kier molecular flexibility index (Phi) is 5.44. The van der Waals surface area contributed by atoms with Crippen molar-refractivity contribution < 1.29 is 14.7 Å². The molecule has 1 saturated heterocycles. The van der Waals surface area contributed by atoms with E-state index in [1.165, 1.54) is 11.3 Å². The zero-order chi connectivity index (χ0) is 19.9. The van der Waals surface area contributed by atoms with Gasteiger partial charge in [0.15, 0.2) is 11.4 Å². The molecule has 5 nitrogen and oxygen atoms in total. The number of Topliss-reactive ketones (excluding diaryl/α,β-unsaturated/α-hetero) is 1. The number of piperidine rings is 1. The number of para-hydroxylation sites is 1. The van der Waals surface area contributed by atoms with Crippen LogP contribution in [0.5, 0.6) is 0 Å². The summed E-state index contributed by atoms with van der Waals surface area (Å²) in [5, 5.41) is 11.4. The normalized spacial score (nSPS) is 23.2. The van der Waals surface area contributed by atoms with E-state index < -0.39 is 11.5 Å². The van der Waals surface area contributed by atoms with E-state index in [-0.39, 0.29) is 12.2 Å². The van der Waals surface area contributed by atoms with E-state index in [0.717, 1.165) is 29.7 Å². The summed E-state index contributed by atoms with van der Waals surface area (Å²) in [5.74, 6) is 0.0729. The van der Waals surface area contributed by atoms with Gasteiger partial charge >= 0.3 is 0 Å². The standard InChI is InChI=1S/C21H23BrN2O3S/c1-14-8-10-23(11-9-14)13-24-16-5-3-2-4-15(16)21(27,20(24)26)12-17(25)18-6-7-19(22)28-18/h2-7,14,27H,8-13H2,1H3. The van der Waals surface area contributed by atoms with E-state index in [1.54, 1.807) is 29.2 Å². The van der Waals surface area contributed by atoms with Crippen molar-refractivity contribution in [3.8, 4) is 0 Å². The number of aliphatic hydroxyl groups is 1. The van der Waals surface area contributed by atoms with E-state index in [9.17, 15) is 14.7 Å². The van der Waals surface area contributed by atoms with Gasteiger partial charge in [0.1, 0.15) is 0 Å². The van der Waals surface area contributed by atoms with E-state index in [4.69, 9.17) is 0 Å². The first-order valence-electron chi connectivity index (χ1n) is 9.53. The number of anilines is 1. The van der Waals surface area contributed by atoms with Crippen molar-refractivity contribution in [2.45, 2.75) is 31.8 Å². The molecule has 1 N–H and O–H groups in total. The van der Waals surface area contributed by atoms with Crippen molar-refractivity contribution in [1.82, 2.24) is 4.90 Å². The lowest BCUT2D eigenvalue weighted by atomic mass is 9.89. The van der Waals surface area contributed by atoms with Gasteiger partial charge in [-0.3, -0.25) is 19.4 Å². The van der Waals surface area contributed by atoms with Crippen molar-refractivity contribution in [3.63, 3.8) is 0 Å². The molecule has 2 aromatic rings. The zero-order valence-corrected chi connectivity index (χ0v) is 18.1. The van der Waals surface area contributed by atoms with E-state index >= 15 is 0 Å². The summed E-state index contributed by atoms with van der Waals surface area (Å²) in [6, 6.07) is 10.8. The van der Waals surface area contributed by atoms with Crippen LogP contribution in [0.25, 0.3) is 0 Å². The first-order chi connectivity index (χ1) is 13.4. The fourth-order valence-electron chi connectivity index (χ4n) is 4.00. The average Bonchev–Trinajstić information content (AvgIpc) is 3.20. The van der Waals surface area contributed by atoms with Crippen LogP contribution in [0, 0.1) is 5.92 Å². The highest BCUT2D eigenvalue weighted by atomic mass is 79.9. The van der Waals surface area contributed by atoms with Gasteiger partial charge in [-0.25, -0.2) is 0 Å². The zero-order valence-electron chi connectivity index (χ0n) is 15.7. The summed E-state index contributed by atoms with van der Waals surface area (Å²) < 4.78 is 0.849. The highest BCUT2D eigenvalue weighted by Crippen LogP contribution is 2.43. The van der Waals surface area contributed by atoms with Crippen LogP contribution >= 0.6 is 27.3 Å². The molecule has 0 saturated carbocycles. The van der Waals surface area contributed by atoms with Gasteiger partial charge in [0.2, 0.25) is 0 Å². The lowest BCUT2D eigenvalue weighted by molar-refractivity contribution is -0.136. The molecule has 28 heavy (non-hydrogen) atoms.